The van der Waals surface area contributed by atoms with Gasteiger partial charge in [-0.3, -0.25) is 9.59 Å². The number of carbonyl (C=O) groups is 1. The van der Waals surface area contributed by atoms with E-state index in [1.165, 1.54) is 10.1 Å². The van der Waals surface area contributed by atoms with E-state index < -0.39 is 11.2 Å². The smallest absolute Gasteiger partial charge is 0.337 e. The first kappa shape index (κ1) is 23.2. The number of aromatic nitrogens is 3. The number of nitrogens with zero attached hydrogens (tertiary/aromatic N) is 3. The van der Waals surface area contributed by atoms with Gasteiger partial charge < -0.3 is 5.32 Å². The van der Waals surface area contributed by atoms with Crippen molar-refractivity contribution in [3.8, 4) is 5.69 Å². The molecule has 1 N–H and O–H groups in total. The highest BCUT2D eigenvalue weighted by atomic mass is 16.2. The number of pyridine rings is 1. The van der Waals surface area contributed by atoms with Crippen molar-refractivity contribution in [3.05, 3.63) is 104 Å². The van der Waals surface area contributed by atoms with Crippen LogP contribution in [0.4, 0.5) is 0 Å². The first-order valence-corrected chi connectivity index (χ1v) is 11.4. The Hall–Kier alpha value is -4.00. The Morgan fingerprint density at radius 2 is 1.65 bits per heavy atom. The highest BCUT2D eigenvalue weighted by molar-refractivity contribution is 5.81. The van der Waals surface area contributed by atoms with Crippen LogP contribution in [0.2, 0.25) is 0 Å². The Morgan fingerprint density at radius 3 is 2.32 bits per heavy atom. The van der Waals surface area contributed by atoms with Gasteiger partial charge in [0.15, 0.2) is 5.65 Å². The number of rotatable bonds is 7. The molecule has 0 aliphatic rings. The fraction of sp³-hybridized carbons (Fsp3) is 0.259. The molecule has 1 unspecified atom stereocenters. The van der Waals surface area contributed by atoms with Crippen molar-refractivity contribution in [1.82, 2.24) is 19.4 Å². The van der Waals surface area contributed by atoms with Crippen molar-refractivity contribution < 1.29 is 4.79 Å². The van der Waals surface area contributed by atoms with Crippen molar-refractivity contribution in [3.63, 3.8) is 0 Å². The van der Waals surface area contributed by atoms with Gasteiger partial charge >= 0.3 is 5.69 Å². The molecule has 2 aromatic carbocycles. The van der Waals surface area contributed by atoms with E-state index in [1.54, 1.807) is 18.2 Å². The Morgan fingerprint density at radius 1 is 1.00 bits per heavy atom. The molecule has 0 aliphatic heterocycles. The van der Waals surface area contributed by atoms with Gasteiger partial charge in [0.25, 0.3) is 5.56 Å². The number of nitrogens with one attached hydrogen (secondary N) is 1. The molecule has 2 aromatic heterocycles. The second kappa shape index (κ2) is 9.87. The predicted octanol–water partition coefficient (Wildman–Crippen LogP) is 3.30. The lowest BCUT2D eigenvalue weighted by Crippen LogP contribution is -2.45. The summed E-state index contributed by atoms with van der Waals surface area (Å²) in [5.41, 5.74) is 2.39. The van der Waals surface area contributed by atoms with Crippen LogP contribution < -0.4 is 16.6 Å². The summed E-state index contributed by atoms with van der Waals surface area (Å²) in [7, 11) is 0. The maximum absolute atomic E-state index is 13.5. The Bertz CT molecular complexity index is 1440. The quantitative estimate of drug-likeness (QED) is 0.462. The number of fused-ring (bicyclic) bond motifs is 1. The van der Waals surface area contributed by atoms with Crippen LogP contribution in [0, 0.1) is 13.8 Å². The molecular weight excluding hydrogens is 428 g/mol. The molecule has 0 radical (unpaired) electrons. The minimum atomic E-state index is -0.590. The summed E-state index contributed by atoms with van der Waals surface area (Å²) in [5.74, 6) is -0.378. The summed E-state index contributed by atoms with van der Waals surface area (Å²) >= 11 is 0. The van der Waals surface area contributed by atoms with Crippen LogP contribution in [0.3, 0.4) is 0 Å². The van der Waals surface area contributed by atoms with Crippen LogP contribution in [0.25, 0.3) is 16.7 Å². The number of hydrogen-bond acceptors (Lipinski definition) is 4. The van der Waals surface area contributed by atoms with Crippen molar-refractivity contribution in [2.45, 2.75) is 46.2 Å². The van der Waals surface area contributed by atoms with Gasteiger partial charge in [-0.15, -0.1) is 0 Å². The second-order valence-electron chi connectivity index (χ2n) is 8.62. The van der Waals surface area contributed by atoms with Gasteiger partial charge in [-0.2, -0.15) is 0 Å². The lowest BCUT2D eigenvalue weighted by Gasteiger charge is -2.17. The van der Waals surface area contributed by atoms with Crippen LogP contribution in [0.1, 0.15) is 30.2 Å². The van der Waals surface area contributed by atoms with E-state index >= 15 is 0 Å². The molecule has 7 nitrogen and oxygen atoms in total. The third kappa shape index (κ3) is 4.83. The summed E-state index contributed by atoms with van der Waals surface area (Å²) in [5, 5.41) is 3.25. The van der Waals surface area contributed by atoms with Crippen LogP contribution >= 0.6 is 0 Å². The fourth-order valence-electron chi connectivity index (χ4n) is 4.19. The maximum atomic E-state index is 13.5. The molecular formula is C27H28N4O3. The lowest BCUT2D eigenvalue weighted by atomic mass is 10.1. The topological polar surface area (TPSA) is 86.0 Å². The zero-order valence-electron chi connectivity index (χ0n) is 19.6. The second-order valence-corrected chi connectivity index (χ2v) is 8.62. The molecule has 174 valence electrons. The molecule has 0 bridgehead atoms. The van der Waals surface area contributed by atoms with Crippen molar-refractivity contribution in [2.75, 3.05) is 0 Å². The first-order chi connectivity index (χ1) is 16.3. The van der Waals surface area contributed by atoms with Crippen LogP contribution in [-0.4, -0.2) is 26.1 Å². The number of hydrogen-bond donors (Lipinski definition) is 1. The summed E-state index contributed by atoms with van der Waals surface area (Å²) in [6.45, 7) is 5.20. The van der Waals surface area contributed by atoms with E-state index in [2.05, 4.69) is 10.3 Å². The third-order valence-corrected chi connectivity index (χ3v) is 5.85. The van der Waals surface area contributed by atoms with Crippen LogP contribution in [0.5, 0.6) is 0 Å². The van der Waals surface area contributed by atoms with Crippen LogP contribution in [0.15, 0.2) is 76.3 Å². The van der Waals surface area contributed by atoms with E-state index in [1.807, 2.05) is 69.3 Å². The maximum Gasteiger partial charge on any atom is 0.337 e. The van der Waals surface area contributed by atoms with Crippen molar-refractivity contribution in [2.24, 2.45) is 0 Å². The molecule has 1 atom stereocenters. The molecule has 0 saturated heterocycles. The molecule has 2 heterocycles. The summed E-state index contributed by atoms with van der Waals surface area (Å²) in [6.07, 6.45) is 1.57. The average molecular weight is 457 g/mol. The zero-order chi connectivity index (χ0) is 24.2. The van der Waals surface area contributed by atoms with E-state index in [9.17, 15) is 14.4 Å². The highest BCUT2D eigenvalue weighted by Gasteiger charge is 2.20. The van der Waals surface area contributed by atoms with Crippen LogP contribution in [-0.2, 0) is 17.8 Å². The molecule has 7 heteroatoms. The van der Waals surface area contributed by atoms with E-state index in [4.69, 9.17) is 0 Å². The molecule has 0 spiro atoms. The normalized spacial score (nSPS) is 12.0. The van der Waals surface area contributed by atoms with Gasteiger partial charge in [0.1, 0.15) is 6.54 Å². The molecule has 34 heavy (non-hydrogen) atoms. The van der Waals surface area contributed by atoms with Crippen molar-refractivity contribution in [1.29, 1.82) is 0 Å². The fourth-order valence-corrected chi connectivity index (χ4v) is 4.19. The van der Waals surface area contributed by atoms with Gasteiger partial charge in [0.2, 0.25) is 5.91 Å². The zero-order valence-corrected chi connectivity index (χ0v) is 19.6. The van der Waals surface area contributed by atoms with Gasteiger partial charge in [0.05, 0.1) is 11.1 Å². The largest absolute Gasteiger partial charge is 0.352 e. The molecule has 0 aliphatic carbocycles. The molecule has 4 aromatic rings. The number of carbonyl (C=O) groups excluding carboxylic acids is 1. The average Bonchev–Trinajstić information content (AvgIpc) is 2.81. The van der Waals surface area contributed by atoms with Gasteiger partial charge in [-0.05, 0) is 62.9 Å². The number of benzene rings is 2. The number of amides is 1. The Balaban J connectivity index is 1.67. The minimum Gasteiger partial charge on any atom is -0.352 e. The van der Waals surface area contributed by atoms with E-state index in [0.29, 0.717) is 28.0 Å². The van der Waals surface area contributed by atoms with Gasteiger partial charge in [-0.1, -0.05) is 48.5 Å². The standard InChI is InChI=1S/C27H28N4O3/c1-18-16-20(3)29-25-24(18)26(33)30(27(34)31(25)22-12-8-5-9-13-22)17-23(32)28-19(2)14-15-21-10-6-4-7-11-21/h4-13,16,19H,14-15,17H2,1-3H3,(H,28,32). The van der Waals surface area contributed by atoms with Gasteiger partial charge in [-0.25, -0.2) is 18.9 Å². The van der Waals surface area contributed by atoms with E-state index in [-0.39, 0.29) is 18.5 Å². The van der Waals surface area contributed by atoms with Crippen molar-refractivity contribution >= 4 is 16.9 Å². The number of aryl methyl sites for hydroxylation is 3. The SMILES string of the molecule is Cc1cc(C)c2c(=O)n(CC(=O)NC(C)CCc3ccccc3)c(=O)n(-c3ccccc3)c2n1. The Kier molecular flexibility index (Phi) is 6.72. The van der Waals surface area contributed by atoms with E-state index in [0.717, 1.165) is 17.4 Å². The number of para-hydroxylation sites is 1. The molecule has 4 rings (SSSR count). The first-order valence-electron chi connectivity index (χ1n) is 11.4. The van der Waals surface area contributed by atoms with Gasteiger partial charge in [0, 0.05) is 11.7 Å². The molecule has 0 saturated carbocycles. The highest BCUT2D eigenvalue weighted by Crippen LogP contribution is 2.16. The molecule has 1 amide bonds. The summed E-state index contributed by atoms with van der Waals surface area (Å²) < 4.78 is 2.40. The predicted molar refractivity (Wildman–Crippen MR) is 133 cm³/mol. The third-order valence-electron chi connectivity index (χ3n) is 5.85. The Labute approximate surface area is 197 Å². The lowest BCUT2D eigenvalue weighted by molar-refractivity contribution is -0.122. The summed E-state index contributed by atoms with van der Waals surface area (Å²) in [4.78, 5) is 44.1. The summed E-state index contributed by atoms with van der Waals surface area (Å²) in [6, 6.07) is 20.8. The minimum absolute atomic E-state index is 0.105. The molecule has 0 fully saturated rings. The monoisotopic (exact) mass is 456 g/mol.